The van der Waals surface area contributed by atoms with Crippen LogP contribution in [0.25, 0.3) is 10.9 Å². The SMILES string of the molecule is CCC(C)n1c(=O)n(N)c(=O)c2cc(F)c(N3C=C(N)CC3)c(Cl)c21. The summed E-state index contributed by atoms with van der Waals surface area (Å²) < 4.78 is 16.5. The number of nitrogens with zero attached hydrogens (tertiary/aromatic N) is 3. The van der Waals surface area contributed by atoms with Gasteiger partial charge in [0.15, 0.2) is 0 Å². The van der Waals surface area contributed by atoms with Crippen LogP contribution < -0.4 is 27.7 Å². The lowest BCUT2D eigenvalue weighted by molar-refractivity contribution is 0.507. The van der Waals surface area contributed by atoms with E-state index in [1.807, 2.05) is 6.92 Å². The van der Waals surface area contributed by atoms with E-state index in [1.54, 1.807) is 18.0 Å². The Bertz CT molecular complexity index is 1010. The largest absolute Gasteiger partial charge is 0.401 e. The second-order valence-electron chi connectivity index (χ2n) is 6.15. The van der Waals surface area contributed by atoms with Gasteiger partial charge >= 0.3 is 5.69 Å². The highest BCUT2D eigenvalue weighted by molar-refractivity contribution is 6.38. The van der Waals surface area contributed by atoms with Crippen molar-refractivity contribution in [3.05, 3.63) is 49.6 Å². The molecule has 0 amide bonds. The summed E-state index contributed by atoms with van der Waals surface area (Å²) in [5, 5.41) is -0.0409. The van der Waals surface area contributed by atoms with Crippen LogP contribution in [0.3, 0.4) is 0 Å². The van der Waals surface area contributed by atoms with Gasteiger partial charge in [-0.25, -0.2) is 9.18 Å². The number of benzene rings is 1. The van der Waals surface area contributed by atoms with Crippen molar-refractivity contribution in [1.29, 1.82) is 0 Å². The number of nitrogens with two attached hydrogens (primary N) is 2. The van der Waals surface area contributed by atoms with E-state index < -0.39 is 17.1 Å². The fourth-order valence-corrected chi connectivity index (χ4v) is 3.43. The second kappa shape index (κ2) is 6.11. The van der Waals surface area contributed by atoms with Crippen LogP contribution in [-0.4, -0.2) is 15.8 Å². The second-order valence-corrected chi connectivity index (χ2v) is 6.53. The van der Waals surface area contributed by atoms with E-state index in [9.17, 15) is 14.0 Å². The van der Waals surface area contributed by atoms with Crippen LogP contribution >= 0.6 is 11.6 Å². The Hall–Kier alpha value is -2.48. The van der Waals surface area contributed by atoms with Gasteiger partial charge in [-0.1, -0.05) is 18.5 Å². The van der Waals surface area contributed by atoms with Crippen LogP contribution in [-0.2, 0) is 0 Å². The molecule has 1 aliphatic heterocycles. The van der Waals surface area contributed by atoms with E-state index >= 15 is 0 Å². The lowest BCUT2D eigenvalue weighted by Gasteiger charge is -2.23. The van der Waals surface area contributed by atoms with Gasteiger partial charge in [-0.2, -0.15) is 4.68 Å². The normalized spacial score (nSPS) is 15.7. The predicted molar refractivity (Wildman–Crippen MR) is 96.8 cm³/mol. The van der Waals surface area contributed by atoms with Crippen LogP contribution in [0.2, 0.25) is 5.02 Å². The maximum absolute atomic E-state index is 14.7. The molecule has 1 atom stereocenters. The molecule has 0 aliphatic carbocycles. The number of fused-ring (bicyclic) bond motifs is 1. The summed E-state index contributed by atoms with van der Waals surface area (Å²) >= 11 is 6.48. The molecule has 1 aliphatic rings. The highest BCUT2D eigenvalue weighted by Crippen LogP contribution is 2.37. The molecule has 1 aromatic carbocycles. The summed E-state index contributed by atoms with van der Waals surface area (Å²) in [4.78, 5) is 26.5. The third-order valence-corrected chi connectivity index (χ3v) is 4.91. The molecule has 1 aromatic heterocycles. The average Bonchev–Trinajstić information content (AvgIpc) is 2.99. The van der Waals surface area contributed by atoms with Gasteiger partial charge in [-0.15, -0.1) is 0 Å². The Balaban J connectivity index is 2.47. The zero-order valence-electron chi connectivity index (χ0n) is 13.9. The number of anilines is 1. The van der Waals surface area contributed by atoms with Crippen LogP contribution in [0.5, 0.6) is 0 Å². The Labute approximate surface area is 147 Å². The molecule has 25 heavy (non-hydrogen) atoms. The topological polar surface area (TPSA) is 99.3 Å². The predicted octanol–water partition coefficient (Wildman–Crippen LogP) is 1.65. The van der Waals surface area contributed by atoms with Gasteiger partial charge in [0.25, 0.3) is 5.56 Å². The Kier molecular flexibility index (Phi) is 4.24. The molecule has 0 radical (unpaired) electrons. The molecule has 2 aromatic rings. The van der Waals surface area contributed by atoms with Crippen molar-refractivity contribution in [2.24, 2.45) is 5.73 Å². The summed E-state index contributed by atoms with van der Waals surface area (Å²) in [6, 6.07) is 0.795. The average molecular weight is 368 g/mol. The van der Waals surface area contributed by atoms with E-state index in [0.717, 1.165) is 6.07 Å². The monoisotopic (exact) mass is 367 g/mol. The van der Waals surface area contributed by atoms with Crippen molar-refractivity contribution < 1.29 is 4.39 Å². The molecule has 0 saturated carbocycles. The van der Waals surface area contributed by atoms with Gasteiger partial charge in [-0.3, -0.25) is 9.36 Å². The van der Waals surface area contributed by atoms with Gasteiger partial charge in [0.1, 0.15) is 5.82 Å². The van der Waals surface area contributed by atoms with Gasteiger partial charge in [0, 0.05) is 30.9 Å². The molecule has 4 N–H and O–H groups in total. The first-order valence-corrected chi connectivity index (χ1v) is 8.32. The molecule has 9 heteroatoms. The van der Waals surface area contributed by atoms with E-state index in [4.69, 9.17) is 23.2 Å². The molecule has 0 bridgehead atoms. The fourth-order valence-electron chi connectivity index (χ4n) is 3.04. The minimum Gasteiger partial charge on any atom is -0.401 e. The summed E-state index contributed by atoms with van der Waals surface area (Å²) in [7, 11) is 0. The van der Waals surface area contributed by atoms with Gasteiger partial charge < -0.3 is 16.5 Å². The van der Waals surface area contributed by atoms with Crippen molar-refractivity contribution >= 4 is 28.2 Å². The third-order valence-electron chi connectivity index (χ3n) is 4.55. The van der Waals surface area contributed by atoms with Crippen LogP contribution in [0.1, 0.15) is 32.7 Å². The first-order valence-electron chi connectivity index (χ1n) is 7.95. The van der Waals surface area contributed by atoms with Gasteiger partial charge in [-0.05, 0) is 19.4 Å². The summed E-state index contributed by atoms with van der Waals surface area (Å²) in [6.45, 7) is 4.16. The Morgan fingerprint density at radius 1 is 1.40 bits per heavy atom. The van der Waals surface area contributed by atoms with E-state index in [0.29, 0.717) is 29.8 Å². The smallest absolute Gasteiger partial charge is 0.350 e. The van der Waals surface area contributed by atoms with E-state index in [-0.39, 0.29) is 27.7 Å². The standard InChI is InChI=1S/C16H19ClFN5O2/c1-3-8(2)22-13-10(15(24)23(20)16(22)25)6-11(18)14(12(13)17)21-5-4-9(19)7-21/h6-8H,3-5,19-20H2,1-2H3. The molecule has 7 nitrogen and oxygen atoms in total. The molecule has 0 saturated heterocycles. The van der Waals surface area contributed by atoms with E-state index in [1.165, 1.54) is 4.57 Å². The number of hydrogen-bond acceptors (Lipinski definition) is 5. The zero-order chi connectivity index (χ0) is 18.5. The summed E-state index contributed by atoms with van der Waals surface area (Å²) in [5.41, 5.74) is 5.18. The molecule has 2 heterocycles. The minimum absolute atomic E-state index is 0.00366. The van der Waals surface area contributed by atoms with Gasteiger partial charge in [0.2, 0.25) is 0 Å². The molecule has 3 rings (SSSR count). The highest BCUT2D eigenvalue weighted by atomic mass is 35.5. The minimum atomic E-state index is -0.789. The van der Waals surface area contributed by atoms with Crippen molar-refractivity contribution in [2.75, 3.05) is 17.3 Å². The number of aromatic nitrogens is 2. The van der Waals surface area contributed by atoms with Crippen LogP contribution in [0.15, 0.2) is 27.6 Å². The van der Waals surface area contributed by atoms with Crippen molar-refractivity contribution in [3.8, 4) is 0 Å². The quantitative estimate of drug-likeness (QED) is 0.803. The third kappa shape index (κ3) is 2.57. The number of hydrogen-bond donors (Lipinski definition) is 2. The van der Waals surface area contributed by atoms with Gasteiger partial charge in [0.05, 0.1) is 21.6 Å². The Morgan fingerprint density at radius 2 is 2.08 bits per heavy atom. The first-order chi connectivity index (χ1) is 11.8. The van der Waals surface area contributed by atoms with Crippen molar-refractivity contribution in [3.63, 3.8) is 0 Å². The molecule has 1 unspecified atom stereocenters. The molecule has 0 spiro atoms. The molecular weight excluding hydrogens is 349 g/mol. The fraction of sp³-hybridized carbons (Fsp3) is 0.375. The molecule has 0 fully saturated rings. The lowest BCUT2D eigenvalue weighted by atomic mass is 10.1. The molecular formula is C16H19ClFN5O2. The maximum Gasteiger partial charge on any atom is 0.350 e. The summed E-state index contributed by atoms with van der Waals surface area (Å²) in [6.07, 6.45) is 2.79. The van der Waals surface area contributed by atoms with Crippen LogP contribution in [0, 0.1) is 5.82 Å². The van der Waals surface area contributed by atoms with Crippen molar-refractivity contribution in [1.82, 2.24) is 9.24 Å². The van der Waals surface area contributed by atoms with Crippen LogP contribution in [0.4, 0.5) is 10.1 Å². The summed E-state index contributed by atoms with van der Waals surface area (Å²) in [5.74, 6) is 4.92. The maximum atomic E-state index is 14.7. The number of nitrogen functional groups attached to an aromatic ring is 1. The number of halogens is 2. The lowest BCUT2D eigenvalue weighted by Crippen LogP contribution is -2.45. The molecule has 134 valence electrons. The van der Waals surface area contributed by atoms with Crippen molar-refractivity contribution in [2.45, 2.75) is 32.7 Å². The highest BCUT2D eigenvalue weighted by Gasteiger charge is 2.25. The first kappa shape index (κ1) is 17.3. The Morgan fingerprint density at radius 3 is 2.64 bits per heavy atom. The zero-order valence-corrected chi connectivity index (χ0v) is 14.7. The van der Waals surface area contributed by atoms with E-state index in [2.05, 4.69) is 0 Å². The number of rotatable bonds is 3.